The lowest BCUT2D eigenvalue weighted by Crippen LogP contribution is -2.53. The number of aliphatic hydroxyl groups excluding tert-OH is 2. The number of halogens is 6. The van der Waals surface area contributed by atoms with Crippen LogP contribution < -0.4 is 20.0 Å². The SMILES string of the molecule is C[C@@H]1C[C@@H](O)c2ncnc(N3CCN(C(=O)[C@@H](c4ccc(C5CC5)cc4)[C@@H]4CCCN4C)CC3)c21.C[C@@H]1C[C@@H](O)c2ncnc(N3CCN(C(=O)[C@@H](c4ccc(Cl)cc4)[C@@H]4CCCN4CC(F)(F)F)CC3)c21.C[C@@H]1C[C@H](F)c2nccc(N3CCN(C(=O)[C@@H](c4ccc(Br)cc4)[C@@H]4CCC(C)(C)N4)CC3)c21. The molecule has 0 spiro atoms. The van der Waals surface area contributed by atoms with E-state index in [9.17, 15) is 42.2 Å². The van der Waals surface area contributed by atoms with Crippen LogP contribution in [0.3, 0.4) is 0 Å². The topological polar surface area (TPSA) is 194 Å². The fraction of sp³-hybridized carbons (Fsp3) is 0.580. The average molecular weight is 1540 g/mol. The first kappa shape index (κ1) is 75.9. The van der Waals surface area contributed by atoms with Crippen LogP contribution in [0.25, 0.3) is 0 Å². The second-order valence-electron chi connectivity index (χ2n) is 32.1. The molecule has 1 saturated carbocycles. The molecule has 3 aromatic carbocycles. The summed E-state index contributed by atoms with van der Waals surface area (Å²) in [6, 6.07) is 25.9. The molecule has 6 saturated heterocycles. The molecule has 7 fully saturated rings. The molecule has 16 rings (SSSR count). The first-order valence-corrected chi connectivity index (χ1v) is 39.7. The number of pyridine rings is 1. The van der Waals surface area contributed by atoms with Crippen molar-refractivity contribution in [1.82, 2.24) is 54.7 Å². The van der Waals surface area contributed by atoms with Gasteiger partial charge in [-0.25, -0.2) is 24.3 Å². The van der Waals surface area contributed by atoms with E-state index in [1.54, 1.807) is 41.7 Å². The van der Waals surface area contributed by atoms with Crippen molar-refractivity contribution in [3.05, 3.63) is 163 Å². The molecular weight excluding hydrogens is 1440 g/mol. The summed E-state index contributed by atoms with van der Waals surface area (Å²) in [5, 5.41) is 24.9. The van der Waals surface area contributed by atoms with Gasteiger partial charge in [0.1, 0.15) is 30.5 Å². The maximum absolute atomic E-state index is 14.4. The maximum Gasteiger partial charge on any atom is 0.401 e. The van der Waals surface area contributed by atoms with Gasteiger partial charge in [0.05, 0.1) is 53.6 Å². The highest BCUT2D eigenvalue weighted by Crippen LogP contribution is 2.49. The van der Waals surface area contributed by atoms with E-state index >= 15 is 0 Å². The monoisotopic (exact) mass is 1540 g/mol. The van der Waals surface area contributed by atoms with Gasteiger partial charge >= 0.3 is 6.18 Å². The van der Waals surface area contributed by atoms with Gasteiger partial charge in [0.25, 0.3) is 0 Å². The number of benzene rings is 3. The van der Waals surface area contributed by atoms with Crippen molar-refractivity contribution in [2.75, 3.05) is 120 Å². The predicted molar refractivity (Wildman–Crippen MR) is 406 cm³/mol. The number of carbonyl (C=O) groups excluding carboxylic acids is 3. The summed E-state index contributed by atoms with van der Waals surface area (Å²) in [5.41, 5.74) is 10.6. The highest BCUT2D eigenvalue weighted by molar-refractivity contribution is 9.10. The van der Waals surface area contributed by atoms with Crippen LogP contribution in [0.1, 0.15) is 221 Å². The number of hydrogen-bond donors (Lipinski definition) is 3. The normalized spacial score (nSPS) is 26.7. The molecule has 19 nitrogen and oxygen atoms in total. The molecule has 4 aliphatic carbocycles. The summed E-state index contributed by atoms with van der Waals surface area (Å²) < 4.78 is 55.4. The molecule has 3 N–H and O–H groups in total. The fourth-order valence-corrected chi connectivity index (χ4v) is 19.1. The maximum atomic E-state index is 14.4. The molecule has 25 heteroatoms. The molecular formula is C81H102BrClF4N14O5. The van der Waals surface area contributed by atoms with Crippen LogP contribution in [0, 0.1) is 0 Å². The van der Waals surface area contributed by atoms with Crippen LogP contribution in [0.2, 0.25) is 5.02 Å². The Balaban J connectivity index is 0.000000134. The molecule has 0 bridgehead atoms. The van der Waals surface area contributed by atoms with E-state index in [1.807, 2.05) is 30.0 Å². The number of piperazine rings is 3. The minimum Gasteiger partial charge on any atom is -0.387 e. The van der Waals surface area contributed by atoms with E-state index in [0.29, 0.717) is 113 Å². The Bertz CT molecular complexity index is 4080. The Morgan fingerprint density at radius 1 is 0.566 bits per heavy atom. The number of nitrogens with one attached hydrogen (secondary N) is 1. The van der Waals surface area contributed by atoms with Crippen LogP contribution in [-0.2, 0) is 14.4 Å². The van der Waals surface area contributed by atoms with E-state index in [2.05, 4.69) is 142 Å². The average Bonchev–Trinajstić information content (AvgIpc) is 1.60. The first-order valence-electron chi connectivity index (χ1n) is 38.6. The number of hydrogen-bond acceptors (Lipinski definition) is 16. The number of anilines is 3. The third-order valence-electron chi connectivity index (χ3n) is 24.4. The number of alkyl halides is 4. The van der Waals surface area contributed by atoms with Gasteiger partial charge < -0.3 is 49.8 Å². The third kappa shape index (κ3) is 16.4. The second kappa shape index (κ2) is 31.9. The Morgan fingerprint density at radius 3 is 1.54 bits per heavy atom. The lowest BCUT2D eigenvalue weighted by Gasteiger charge is -2.40. The highest BCUT2D eigenvalue weighted by atomic mass is 79.9. The highest BCUT2D eigenvalue weighted by Gasteiger charge is 2.47. The number of nitrogens with zero attached hydrogens (tertiary/aromatic N) is 13. The standard InChI is InChI=1S/C28H37N5O2.C27H34BrFN4O.C26H31ClF3N5O2/c1-18-16-23(34)26-24(18)27(30-17-29-26)32-12-14-33(15-13-32)28(35)25(22-4-3-11-31(22)2)21-9-7-20(8-10-21)19-5-6-19;1-17-16-20(29)25-23(17)22(9-11-30-25)32-12-14-33(15-13-32)26(34)24(18-4-6-19(28)7-5-18)21-8-10-27(2,3)31-21;1-16-13-20(36)23-21(16)24(32-15-31-23)33-9-11-34(12-10-33)25(37)22(17-4-6-18(27)7-5-17)19-3-2-8-35(19)14-26(28,29)30/h7-10,17-19,22-23,25,34H,3-6,11-16H2,1-2H3;4-7,9,11,17,20-21,24,31H,8,10,12-16H2,1-3H3;4-7,15-16,19-20,22,36H,2-3,8-14H2,1H3/t18-,22+,23-,25+;17-,20+,21+,24+;16-,19+,20-,22+/m111/s1. The van der Waals surface area contributed by atoms with Crippen LogP contribution in [0.15, 0.2) is 102 Å². The van der Waals surface area contributed by atoms with Crippen molar-refractivity contribution < 1.29 is 42.2 Å². The number of likely N-dealkylation sites (N-methyl/N-ethyl adjacent to an activating group) is 1. The summed E-state index contributed by atoms with van der Waals surface area (Å²) in [6.07, 6.45) is 8.23. The molecule has 3 aromatic heterocycles. The summed E-state index contributed by atoms with van der Waals surface area (Å²) in [5.74, 6) is 2.32. The zero-order valence-electron chi connectivity index (χ0n) is 61.8. The first-order chi connectivity index (χ1) is 50.9. The van der Waals surface area contributed by atoms with Crippen molar-refractivity contribution >= 4 is 62.6 Å². The van der Waals surface area contributed by atoms with Crippen molar-refractivity contribution in [3.8, 4) is 0 Å². The van der Waals surface area contributed by atoms with Crippen molar-refractivity contribution in [2.45, 2.75) is 195 Å². The van der Waals surface area contributed by atoms with Crippen LogP contribution in [0.4, 0.5) is 34.9 Å². The smallest absolute Gasteiger partial charge is 0.387 e. The minimum atomic E-state index is -4.33. The minimum absolute atomic E-state index is 0.0456. The summed E-state index contributed by atoms with van der Waals surface area (Å²) in [6.45, 7) is 18.8. The van der Waals surface area contributed by atoms with E-state index in [0.717, 1.165) is 120 Å². The second-order valence-corrected chi connectivity index (χ2v) is 33.5. The third-order valence-corrected chi connectivity index (χ3v) is 25.2. The number of likely N-dealkylation sites (tertiary alicyclic amines) is 2. The summed E-state index contributed by atoms with van der Waals surface area (Å²) in [4.78, 5) is 80.3. The largest absolute Gasteiger partial charge is 0.401 e. The Labute approximate surface area is 634 Å². The number of aromatic nitrogens is 5. The van der Waals surface area contributed by atoms with Crippen LogP contribution >= 0.6 is 27.5 Å². The number of rotatable bonds is 14. The zero-order valence-corrected chi connectivity index (χ0v) is 64.2. The van der Waals surface area contributed by atoms with Gasteiger partial charge in [0.2, 0.25) is 17.7 Å². The van der Waals surface area contributed by atoms with E-state index in [4.69, 9.17) is 11.6 Å². The van der Waals surface area contributed by atoms with Gasteiger partial charge in [-0.3, -0.25) is 24.3 Å². The van der Waals surface area contributed by atoms with Gasteiger partial charge in [-0.2, -0.15) is 13.2 Å². The molecule has 6 aliphatic heterocycles. The van der Waals surface area contributed by atoms with Gasteiger partial charge in [-0.1, -0.05) is 96.8 Å². The quantitative estimate of drug-likeness (QED) is 0.0871. The van der Waals surface area contributed by atoms with Crippen molar-refractivity contribution in [2.24, 2.45) is 0 Å². The van der Waals surface area contributed by atoms with E-state index in [-0.39, 0.29) is 64.9 Å². The number of aliphatic hydroxyl groups is 2. The van der Waals surface area contributed by atoms with E-state index < -0.39 is 43.1 Å². The molecule has 3 amide bonds. The summed E-state index contributed by atoms with van der Waals surface area (Å²) in [7, 11) is 2.17. The predicted octanol–water partition coefficient (Wildman–Crippen LogP) is 12.9. The lowest BCUT2D eigenvalue weighted by atomic mass is 9.87. The Hall–Kier alpha value is -6.93. The van der Waals surface area contributed by atoms with Gasteiger partial charge in [0.15, 0.2) is 0 Å². The van der Waals surface area contributed by atoms with Gasteiger partial charge in [-0.05, 0) is 181 Å². The summed E-state index contributed by atoms with van der Waals surface area (Å²) >= 11 is 9.59. The van der Waals surface area contributed by atoms with Crippen LogP contribution in [0.5, 0.6) is 0 Å². The Kier molecular flexibility index (Phi) is 22.9. The number of amides is 3. The molecule has 568 valence electrons. The molecule has 0 radical (unpaired) electrons. The zero-order chi connectivity index (χ0) is 74.5. The van der Waals surface area contributed by atoms with Crippen molar-refractivity contribution in [3.63, 3.8) is 0 Å². The fourth-order valence-electron chi connectivity index (χ4n) is 18.8. The molecule has 0 unspecified atom stereocenters. The molecule has 12 atom stereocenters. The molecule has 6 aromatic rings. The molecule has 106 heavy (non-hydrogen) atoms. The van der Waals surface area contributed by atoms with Gasteiger partial charge in [0, 0.05) is 140 Å². The number of carbonyl (C=O) groups is 3. The molecule has 9 heterocycles. The molecule has 10 aliphatic rings. The van der Waals surface area contributed by atoms with E-state index in [1.165, 1.54) is 29.6 Å². The van der Waals surface area contributed by atoms with Crippen molar-refractivity contribution in [1.29, 1.82) is 0 Å². The Morgan fingerprint density at radius 2 is 1.04 bits per heavy atom. The lowest BCUT2D eigenvalue weighted by molar-refractivity contribution is -0.152. The number of fused-ring (bicyclic) bond motifs is 3. The van der Waals surface area contributed by atoms with Gasteiger partial charge in [-0.15, -0.1) is 0 Å². The van der Waals surface area contributed by atoms with Crippen LogP contribution in [-0.4, -0.2) is 212 Å².